The summed E-state index contributed by atoms with van der Waals surface area (Å²) in [5.74, 6) is 0.959. The van der Waals surface area contributed by atoms with Gasteiger partial charge in [0.2, 0.25) is 0 Å². The minimum absolute atomic E-state index is 0.593. The zero-order valence-corrected chi connectivity index (χ0v) is 11.7. The number of rotatable bonds is 6. The summed E-state index contributed by atoms with van der Waals surface area (Å²) in [4.78, 5) is 13.0. The molecule has 3 heteroatoms. The third-order valence-electron chi connectivity index (χ3n) is 3.74. The van der Waals surface area contributed by atoms with E-state index in [1.165, 1.54) is 43.5 Å². The average Bonchev–Trinajstić information content (AvgIpc) is 2.46. The molecule has 1 saturated heterocycles. The highest BCUT2D eigenvalue weighted by molar-refractivity contribution is 5.50. The molecule has 0 amide bonds. The predicted molar refractivity (Wildman–Crippen MR) is 76.5 cm³/mol. The average molecular weight is 261 g/mol. The molecule has 0 aliphatic carbocycles. The maximum atomic E-state index is 10.5. The normalized spacial score (nSPS) is 16.3. The molecule has 19 heavy (non-hydrogen) atoms. The standard InChI is InChI=1S/C16H23NO2/c1-19-16-8-7-14(6-5-11-18)12-15(16)13-17-9-3-2-4-10-17/h7-8,11-12H,2-6,9-10,13H2,1H3. The first-order valence-corrected chi connectivity index (χ1v) is 7.15. The van der Waals surface area contributed by atoms with Crippen LogP contribution in [-0.4, -0.2) is 31.4 Å². The Kier molecular flexibility index (Phi) is 5.40. The molecular weight excluding hydrogens is 238 g/mol. The van der Waals surface area contributed by atoms with E-state index >= 15 is 0 Å². The van der Waals surface area contributed by atoms with Crippen molar-refractivity contribution in [1.82, 2.24) is 4.90 Å². The van der Waals surface area contributed by atoms with Crippen molar-refractivity contribution in [3.8, 4) is 5.75 Å². The van der Waals surface area contributed by atoms with Gasteiger partial charge in [0.1, 0.15) is 12.0 Å². The van der Waals surface area contributed by atoms with E-state index in [1.54, 1.807) is 7.11 Å². The number of nitrogens with zero attached hydrogens (tertiary/aromatic N) is 1. The van der Waals surface area contributed by atoms with Crippen LogP contribution in [0.15, 0.2) is 18.2 Å². The maximum absolute atomic E-state index is 10.5. The number of hydrogen-bond acceptors (Lipinski definition) is 3. The van der Waals surface area contributed by atoms with Crippen molar-refractivity contribution in [1.29, 1.82) is 0 Å². The molecule has 0 unspecified atom stereocenters. The number of carbonyl (C=O) groups is 1. The summed E-state index contributed by atoms with van der Waals surface area (Å²) in [5.41, 5.74) is 2.47. The van der Waals surface area contributed by atoms with Crippen LogP contribution in [0.3, 0.4) is 0 Å². The highest BCUT2D eigenvalue weighted by Gasteiger charge is 2.13. The summed E-state index contributed by atoms with van der Waals surface area (Å²) in [6.45, 7) is 3.32. The molecule has 0 atom stereocenters. The maximum Gasteiger partial charge on any atom is 0.123 e. The highest BCUT2D eigenvalue weighted by atomic mass is 16.5. The van der Waals surface area contributed by atoms with Gasteiger partial charge in [-0.2, -0.15) is 0 Å². The summed E-state index contributed by atoms with van der Waals surface area (Å²) >= 11 is 0. The van der Waals surface area contributed by atoms with E-state index in [-0.39, 0.29) is 0 Å². The number of methoxy groups -OCH3 is 1. The topological polar surface area (TPSA) is 29.5 Å². The molecule has 1 aliphatic heterocycles. The van der Waals surface area contributed by atoms with Crippen molar-refractivity contribution in [3.63, 3.8) is 0 Å². The summed E-state index contributed by atoms with van der Waals surface area (Å²) in [6.07, 6.45) is 6.35. The van der Waals surface area contributed by atoms with Crippen LogP contribution in [0.4, 0.5) is 0 Å². The van der Waals surface area contributed by atoms with Crippen molar-refractivity contribution in [2.45, 2.75) is 38.6 Å². The van der Waals surface area contributed by atoms with Crippen LogP contribution in [0.2, 0.25) is 0 Å². The van der Waals surface area contributed by atoms with Crippen molar-refractivity contribution in [2.24, 2.45) is 0 Å². The fraction of sp³-hybridized carbons (Fsp3) is 0.562. The molecule has 1 aromatic carbocycles. The van der Waals surface area contributed by atoms with E-state index in [2.05, 4.69) is 17.0 Å². The first kappa shape index (κ1) is 14.1. The van der Waals surface area contributed by atoms with E-state index in [1.807, 2.05) is 6.07 Å². The van der Waals surface area contributed by atoms with Crippen LogP contribution < -0.4 is 4.74 Å². The van der Waals surface area contributed by atoms with Crippen molar-refractivity contribution < 1.29 is 9.53 Å². The van der Waals surface area contributed by atoms with Gasteiger partial charge in [-0.05, 0) is 44.0 Å². The molecule has 3 nitrogen and oxygen atoms in total. The second-order valence-electron chi connectivity index (χ2n) is 5.19. The van der Waals surface area contributed by atoms with Crippen molar-refractivity contribution in [3.05, 3.63) is 29.3 Å². The van der Waals surface area contributed by atoms with Gasteiger partial charge in [-0.1, -0.05) is 18.6 Å². The Bertz CT molecular complexity index is 411. The van der Waals surface area contributed by atoms with E-state index in [9.17, 15) is 4.79 Å². The van der Waals surface area contributed by atoms with E-state index < -0.39 is 0 Å². The first-order valence-electron chi connectivity index (χ1n) is 7.15. The summed E-state index contributed by atoms with van der Waals surface area (Å²) in [6, 6.07) is 6.28. The number of aryl methyl sites for hydroxylation is 1. The zero-order chi connectivity index (χ0) is 13.5. The Morgan fingerprint density at radius 3 is 2.74 bits per heavy atom. The SMILES string of the molecule is COc1ccc(CCC=O)cc1CN1CCCCC1. The van der Waals surface area contributed by atoms with Crippen LogP contribution in [-0.2, 0) is 17.8 Å². The number of aldehydes is 1. The van der Waals surface area contributed by atoms with Gasteiger partial charge >= 0.3 is 0 Å². The minimum Gasteiger partial charge on any atom is -0.496 e. The van der Waals surface area contributed by atoms with Gasteiger partial charge < -0.3 is 9.53 Å². The Labute approximate surface area is 115 Å². The van der Waals surface area contributed by atoms with Crippen LogP contribution in [0.5, 0.6) is 5.75 Å². The lowest BCUT2D eigenvalue weighted by Crippen LogP contribution is -2.29. The van der Waals surface area contributed by atoms with E-state index in [0.29, 0.717) is 6.42 Å². The first-order chi connectivity index (χ1) is 9.33. The van der Waals surface area contributed by atoms with Gasteiger partial charge in [-0.3, -0.25) is 4.90 Å². The predicted octanol–water partition coefficient (Wildman–Crippen LogP) is 2.81. The second kappa shape index (κ2) is 7.29. The number of likely N-dealkylation sites (tertiary alicyclic amines) is 1. The lowest BCUT2D eigenvalue weighted by atomic mass is 10.0. The fourth-order valence-electron chi connectivity index (χ4n) is 2.70. The Morgan fingerprint density at radius 1 is 1.26 bits per heavy atom. The largest absolute Gasteiger partial charge is 0.496 e. The molecule has 104 valence electrons. The molecule has 1 aromatic rings. The van der Waals surface area contributed by atoms with E-state index in [0.717, 1.165) is 25.0 Å². The number of hydrogen-bond donors (Lipinski definition) is 0. The number of ether oxygens (including phenoxy) is 1. The van der Waals surface area contributed by atoms with Gasteiger partial charge in [-0.15, -0.1) is 0 Å². The highest BCUT2D eigenvalue weighted by Crippen LogP contribution is 2.23. The van der Waals surface area contributed by atoms with Crippen LogP contribution >= 0.6 is 0 Å². The number of benzene rings is 1. The molecule has 1 heterocycles. The molecule has 1 fully saturated rings. The van der Waals surface area contributed by atoms with Gasteiger partial charge in [0.15, 0.2) is 0 Å². The molecular formula is C16H23NO2. The molecule has 0 saturated carbocycles. The Morgan fingerprint density at radius 2 is 2.05 bits per heavy atom. The molecule has 0 N–H and O–H groups in total. The summed E-state index contributed by atoms with van der Waals surface area (Å²) in [5, 5.41) is 0. The fourth-order valence-corrected chi connectivity index (χ4v) is 2.70. The Balaban J connectivity index is 2.08. The quantitative estimate of drug-likeness (QED) is 0.737. The monoisotopic (exact) mass is 261 g/mol. The third-order valence-corrected chi connectivity index (χ3v) is 3.74. The lowest BCUT2D eigenvalue weighted by Gasteiger charge is -2.27. The molecule has 0 aromatic heterocycles. The zero-order valence-electron chi connectivity index (χ0n) is 11.7. The number of carbonyl (C=O) groups excluding carboxylic acids is 1. The summed E-state index contributed by atoms with van der Waals surface area (Å²) in [7, 11) is 1.72. The molecule has 0 radical (unpaired) electrons. The molecule has 2 rings (SSSR count). The van der Waals surface area contributed by atoms with Crippen LogP contribution in [0, 0.1) is 0 Å². The third kappa shape index (κ3) is 4.06. The van der Waals surface area contributed by atoms with Crippen molar-refractivity contribution in [2.75, 3.05) is 20.2 Å². The minimum atomic E-state index is 0.593. The molecule has 1 aliphatic rings. The van der Waals surface area contributed by atoms with Gasteiger partial charge in [0.05, 0.1) is 7.11 Å². The van der Waals surface area contributed by atoms with Gasteiger partial charge in [-0.25, -0.2) is 0 Å². The van der Waals surface area contributed by atoms with Crippen LogP contribution in [0.1, 0.15) is 36.8 Å². The number of piperidine rings is 1. The van der Waals surface area contributed by atoms with Crippen LogP contribution in [0.25, 0.3) is 0 Å². The summed E-state index contributed by atoms with van der Waals surface area (Å²) < 4.78 is 5.45. The van der Waals surface area contributed by atoms with Gasteiger partial charge in [0.25, 0.3) is 0 Å². The van der Waals surface area contributed by atoms with Crippen molar-refractivity contribution >= 4 is 6.29 Å². The van der Waals surface area contributed by atoms with Gasteiger partial charge in [0, 0.05) is 18.5 Å². The smallest absolute Gasteiger partial charge is 0.123 e. The lowest BCUT2D eigenvalue weighted by molar-refractivity contribution is -0.107. The molecule has 0 spiro atoms. The molecule has 0 bridgehead atoms. The second-order valence-corrected chi connectivity index (χ2v) is 5.19. The Hall–Kier alpha value is -1.35. The van der Waals surface area contributed by atoms with E-state index in [4.69, 9.17) is 4.74 Å².